The van der Waals surface area contributed by atoms with Crippen LogP contribution in [-0.2, 0) is 0 Å². The quantitative estimate of drug-likeness (QED) is 0.0544. The number of benzene rings is 22. The van der Waals surface area contributed by atoms with E-state index in [-0.39, 0.29) is 0 Å². The highest BCUT2D eigenvalue weighted by molar-refractivity contribution is 6.40. The van der Waals surface area contributed by atoms with Crippen LogP contribution < -0.4 is 31.0 Å². The molecule has 0 aliphatic carbocycles. The maximum Gasteiger partial charge on any atom is 1.20 e. The van der Waals surface area contributed by atoms with Gasteiger partial charge in [0.1, 0.15) is 33.8 Å². The predicted octanol–water partition coefficient (Wildman–Crippen LogP) is 34.5. The molecular weight excluding hydrogens is 1700 g/mol. The largest absolute Gasteiger partial charge is 1.20 e. The average molecular weight is 1790 g/mol. The van der Waals surface area contributed by atoms with Gasteiger partial charge in [0.05, 0.1) is 0 Å². The van der Waals surface area contributed by atoms with Gasteiger partial charge in [0.25, 0.3) is 0 Å². The number of aromatic nitrogens is 3. The van der Waals surface area contributed by atoms with Gasteiger partial charge < -0.3 is 31.0 Å². The molecule has 0 unspecified atom stereocenters. The zero-order valence-corrected chi connectivity index (χ0v) is 76.4. The molecule has 0 N–H and O–H groups in total. The second kappa shape index (κ2) is 38.3. The molecule has 0 aliphatic heterocycles. The molecule has 25 rings (SSSR count). The monoisotopic (exact) mass is 1790 g/mol. The summed E-state index contributed by atoms with van der Waals surface area (Å²) in [5.41, 5.74) is 20.3. The van der Waals surface area contributed by atoms with E-state index in [1.165, 1.54) is 97.7 Å². The molecule has 3 heterocycles. The van der Waals surface area contributed by atoms with Crippen LogP contribution in [0.4, 0.5) is 68.2 Å². The number of hydrogen-bond donors (Lipinski definition) is 0. The van der Waals surface area contributed by atoms with E-state index in [2.05, 4.69) is 459 Å². The molecule has 0 saturated heterocycles. The molecule has 0 fully saturated rings. The highest BCUT2D eigenvalue weighted by Crippen LogP contribution is 2.48. The van der Waals surface area contributed by atoms with Crippen molar-refractivity contribution < 1.29 is 11.4 Å². The Hall–Kier alpha value is -18.0. The third-order valence-electron chi connectivity index (χ3n) is 25.6. The molecule has 3 aromatic heterocycles. The first-order valence-electron chi connectivity index (χ1n) is 46.5. The van der Waals surface area contributed by atoms with E-state index in [9.17, 15) is 0 Å². The van der Waals surface area contributed by atoms with Gasteiger partial charge in [-0.3, -0.25) is 15.0 Å². The van der Waals surface area contributed by atoms with Crippen molar-refractivity contribution in [3.63, 3.8) is 0 Å². The number of para-hydroxylation sites is 6. The predicted molar refractivity (Wildman–Crippen MR) is 578 cm³/mol. The smallest absolute Gasteiger partial charge is 0.576 e. The van der Waals surface area contributed by atoms with Crippen LogP contribution in [0, 0.1) is 0 Å². The highest BCUT2D eigenvalue weighted by atomic mass is 27.3. The fourth-order valence-electron chi connectivity index (χ4n) is 19.1. The lowest BCUT2D eigenvalue weighted by atomic mass is 9.85. The van der Waals surface area contributed by atoms with Gasteiger partial charge in [-0.1, -0.05) is 322 Å². The lowest BCUT2D eigenvalue weighted by Gasteiger charge is -2.30. The number of rotatable bonds is 20. The third kappa shape index (κ3) is 17.4. The lowest BCUT2D eigenvalue weighted by molar-refractivity contribution is 0.311. The van der Waals surface area contributed by atoms with Gasteiger partial charge >= 0.3 is 15.1 Å². The van der Waals surface area contributed by atoms with Gasteiger partial charge in [-0.05, 0) is 292 Å². The van der Waals surface area contributed by atoms with Crippen molar-refractivity contribution in [3.05, 3.63) is 534 Å². The van der Waals surface area contributed by atoms with Crippen LogP contribution in [0.5, 0.6) is 17.2 Å². The molecule has 0 saturated carbocycles. The SMILES string of the molecule is c1ccc(N(c2ccc(N(c3ccc(N(c4ccccc4)c4ccc5ccccc5c4)cc3)c3ccc(N(c4ccccc4)c4ccc5ccccc5c4)cc3)cc2)c2ccc3ccccc3c2)cc1.c1ccc2cc(-c3c4ccccc4c(-c4ccc5ccccc5c4)c4ccccc34)ccc2c1.c1cnc2c([O][Al]([O]c3cccc4cccnc34)[O]c3cccc4cccnc34)cccc2c1. The summed E-state index contributed by atoms with van der Waals surface area (Å²) in [4.78, 5) is 22.9. The Labute approximate surface area is 805 Å². The van der Waals surface area contributed by atoms with Gasteiger partial charge in [0, 0.05) is 103 Å². The summed E-state index contributed by atoms with van der Waals surface area (Å²) in [6, 6.07) is 182. The Morgan fingerprint density at radius 3 is 0.630 bits per heavy atom. The number of fused-ring (bicyclic) bond motifs is 10. The first kappa shape index (κ1) is 84.3. The maximum atomic E-state index is 6.41. The van der Waals surface area contributed by atoms with Crippen molar-refractivity contribution in [1.29, 1.82) is 0 Å². The molecular formula is C127H88AlN7O3. The van der Waals surface area contributed by atoms with E-state index in [1.807, 2.05) is 91.0 Å². The summed E-state index contributed by atoms with van der Waals surface area (Å²) in [6.07, 6.45) is 5.24. The van der Waals surface area contributed by atoms with Crippen LogP contribution in [-0.4, -0.2) is 30.1 Å². The molecule has 0 aliphatic rings. The molecule has 11 heteroatoms. The highest BCUT2D eigenvalue weighted by Gasteiger charge is 2.46. The fourth-order valence-corrected chi connectivity index (χ4v) is 20.4. The Bertz CT molecular complexity index is 7940. The van der Waals surface area contributed by atoms with E-state index in [1.54, 1.807) is 18.6 Å². The lowest BCUT2D eigenvalue weighted by Crippen LogP contribution is -2.37. The minimum Gasteiger partial charge on any atom is -0.576 e. The van der Waals surface area contributed by atoms with Gasteiger partial charge in [0.15, 0.2) is 0 Å². The first-order valence-corrected chi connectivity index (χ1v) is 47.9. The number of anilines is 12. The second-order valence-electron chi connectivity index (χ2n) is 34.1. The summed E-state index contributed by atoms with van der Waals surface area (Å²) in [7, 11) is 0. The van der Waals surface area contributed by atoms with Crippen LogP contribution in [0.2, 0.25) is 0 Å². The average Bonchev–Trinajstić information content (AvgIpc) is 0.728. The molecule has 652 valence electrons. The molecule has 22 aromatic carbocycles. The zero-order valence-electron chi connectivity index (χ0n) is 75.2. The summed E-state index contributed by atoms with van der Waals surface area (Å²) < 4.78 is 19.2. The topological polar surface area (TPSA) is 79.3 Å². The van der Waals surface area contributed by atoms with Crippen molar-refractivity contribution in [2.45, 2.75) is 0 Å². The molecule has 0 spiro atoms. The number of nitrogens with zero attached hydrogens (tertiary/aromatic N) is 7. The number of pyridine rings is 3. The van der Waals surface area contributed by atoms with E-state index in [0.717, 1.165) is 101 Å². The third-order valence-corrected chi connectivity index (χ3v) is 26.9. The molecule has 0 radical (unpaired) electrons. The minimum atomic E-state index is -2.86. The standard InChI is InChI=1S/C66H48N4.C34H22.3C9H7NO.Al/c1-4-22-55(23-5-1)68(64-31-28-49-16-10-13-19-52(49)46-64)61-40-34-58(35-41-61)67(59-36-42-62(43-37-59)69(56-24-6-2-7-25-56)65-32-29-50-17-11-14-20-53(50)47-65)60-38-44-63(45-39-60)70(57-26-8-3-9-27-57)66-33-30-51-18-12-15-21-54(51)48-66;1-3-11-25-21-27(19-17-23(25)9-1)33-29-13-5-7-15-31(29)34(32-16-8-6-14-30(32)33)28-20-18-24-10-2-4-12-26(24)22-28;3*11-8-5-1-3-7-4-2-6-10-9(7)8;/h1-48H;1-22H;3*1-6,11H;/q;;;;;+3/p-3. The van der Waals surface area contributed by atoms with Crippen molar-refractivity contribution in [3.8, 4) is 39.5 Å². The molecule has 138 heavy (non-hydrogen) atoms. The Morgan fingerprint density at radius 2 is 0.355 bits per heavy atom. The summed E-state index contributed by atoms with van der Waals surface area (Å²) >= 11 is -2.86. The van der Waals surface area contributed by atoms with Crippen molar-refractivity contribution in [1.82, 2.24) is 15.0 Å². The van der Waals surface area contributed by atoms with E-state index < -0.39 is 15.1 Å². The van der Waals surface area contributed by atoms with Crippen LogP contribution in [0.25, 0.3) is 130 Å². The van der Waals surface area contributed by atoms with Crippen LogP contribution >= 0.6 is 0 Å². The summed E-state index contributed by atoms with van der Waals surface area (Å²) in [5, 5.41) is 20.4. The molecule has 0 atom stereocenters. The van der Waals surface area contributed by atoms with Crippen LogP contribution in [0.1, 0.15) is 0 Å². The van der Waals surface area contributed by atoms with E-state index in [0.29, 0.717) is 17.2 Å². The maximum absolute atomic E-state index is 6.41. The Balaban J connectivity index is 0.000000130. The Kier molecular flexibility index (Phi) is 23.4. The van der Waals surface area contributed by atoms with Gasteiger partial charge in [-0.15, -0.1) is 0 Å². The van der Waals surface area contributed by atoms with Gasteiger partial charge in [-0.25, -0.2) is 0 Å². The fraction of sp³-hybridized carbons (Fsp3) is 0. The molecule has 0 amide bonds. The van der Waals surface area contributed by atoms with Gasteiger partial charge in [-0.2, -0.15) is 0 Å². The van der Waals surface area contributed by atoms with Crippen LogP contribution in [0.3, 0.4) is 0 Å². The summed E-state index contributed by atoms with van der Waals surface area (Å²) in [6.45, 7) is 0. The van der Waals surface area contributed by atoms with Gasteiger partial charge in [0.2, 0.25) is 0 Å². The normalized spacial score (nSPS) is 11.2. The van der Waals surface area contributed by atoms with Crippen molar-refractivity contribution >= 4 is 192 Å². The summed E-state index contributed by atoms with van der Waals surface area (Å²) in [5.74, 6) is 1.82. The van der Waals surface area contributed by atoms with Crippen LogP contribution in [0.15, 0.2) is 534 Å². The van der Waals surface area contributed by atoms with E-state index >= 15 is 0 Å². The first-order chi connectivity index (χ1) is 68.4. The van der Waals surface area contributed by atoms with Crippen molar-refractivity contribution in [2.75, 3.05) is 19.6 Å². The number of hydrogen-bond acceptors (Lipinski definition) is 10. The molecule has 0 bridgehead atoms. The zero-order chi connectivity index (χ0) is 91.9. The Morgan fingerprint density at radius 1 is 0.152 bits per heavy atom. The molecule has 25 aromatic rings. The minimum absolute atomic E-state index is 0.608. The van der Waals surface area contributed by atoms with Crippen molar-refractivity contribution in [2.24, 2.45) is 0 Å². The second-order valence-corrected chi connectivity index (χ2v) is 35.4. The molecule has 10 nitrogen and oxygen atoms in total. The van der Waals surface area contributed by atoms with E-state index in [4.69, 9.17) is 11.4 Å².